The molecule has 0 amide bonds. The highest BCUT2D eigenvalue weighted by molar-refractivity contribution is 5.92. The van der Waals surface area contributed by atoms with E-state index in [1.54, 1.807) is 7.11 Å². The van der Waals surface area contributed by atoms with E-state index in [9.17, 15) is 41.9 Å². The summed E-state index contributed by atoms with van der Waals surface area (Å²) >= 11 is 0. The molecule has 0 N–H and O–H groups in total. The molecule has 3 aromatic rings. The van der Waals surface area contributed by atoms with E-state index in [0.29, 0.717) is 32.1 Å². The van der Waals surface area contributed by atoms with Crippen molar-refractivity contribution >= 4 is 43.3 Å². The Morgan fingerprint density at radius 2 is 1.02 bits per heavy atom. The lowest BCUT2D eigenvalue weighted by molar-refractivity contribution is -0.139. The van der Waals surface area contributed by atoms with Crippen LogP contribution in [0, 0.1) is 0 Å². The zero-order chi connectivity index (χ0) is 46.6. The van der Waals surface area contributed by atoms with Crippen molar-refractivity contribution in [2.45, 2.75) is 59.6 Å². The predicted molar refractivity (Wildman–Crippen MR) is 215 cm³/mol. The number of esters is 4. The summed E-state index contributed by atoms with van der Waals surface area (Å²) in [5, 5.41) is 0. The van der Waals surface area contributed by atoms with Crippen molar-refractivity contribution in [3.05, 3.63) is 109 Å². The maximum Gasteiger partial charge on any atom is 0.513 e. The minimum Gasteiger partial charge on any atom is -0.463 e. The third kappa shape index (κ3) is 24.6. The Labute approximate surface area is 352 Å². The van der Waals surface area contributed by atoms with Crippen LogP contribution in [0.25, 0.3) is 0 Å². The van der Waals surface area contributed by atoms with Gasteiger partial charge in [-0.15, -0.1) is 0 Å². The zero-order valence-electron chi connectivity index (χ0n) is 34.6. The van der Waals surface area contributed by atoms with Crippen LogP contribution in [0.3, 0.4) is 0 Å². The van der Waals surface area contributed by atoms with E-state index >= 15 is 0 Å². The van der Waals surface area contributed by atoms with Gasteiger partial charge in [0.05, 0.1) is 30.9 Å². The molecule has 0 aliphatic rings. The summed E-state index contributed by atoms with van der Waals surface area (Å²) in [5.41, 5.74) is -1.57. The van der Waals surface area contributed by atoms with Crippen molar-refractivity contribution in [3.8, 4) is 23.0 Å². The summed E-state index contributed by atoms with van der Waals surface area (Å²) in [4.78, 5) is 76.5. The number of carbonyl (C=O) groups is 7. The van der Waals surface area contributed by atoms with Crippen LogP contribution >= 0.6 is 0 Å². The topological polar surface area (TPSA) is 193 Å². The molecular weight excluding hydrogens is 813 g/mol. The SMILES string of the molecule is C=CC(=O)OCCCCOC.C=CC(=O)OCCCCOC(=O)Oc1ccc(C(=O)Oc2ccc(OC(=O)c3ccc(OC=O)cc3)c(C(F)(F)F)c2)cc1.C=O.CC.CC. The van der Waals surface area contributed by atoms with Crippen molar-refractivity contribution in [1.29, 1.82) is 0 Å². The quantitative estimate of drug-likeness (QED) is 0.0211. The number of hydrogen-bond acceptors (Lipinski definition) is 15. The Kier molecular flexibility index (Phi) is 31.4. The fourth-order valence-corrected chi connectivity index (χ4v) is 3.89. The number of carbonyl (C=O) groups excluding carboxylic acids is 7. The highest BCUT2D eigenvalue weighted by atomic mass is 19.4. The van der Waals surface area contributed by atoms with Crippen LogP contribution in [-0.4, -0.2) is 76.8 Å². The van der Waals surface area contributed by atoms with Crippen LogP contribution < -0.4 is 18.9 Å². The molecule has 0 aliphatic carbocycles. The van der Waals surface area contributed by atoms with E-state index in [1.165, 1.54) is 48.5 Å². The molecule has 0 fully saturated rings. The number of ether oxygens (including phenoxy) is 8. The van der Waals surface area contributed by atoms with E-state index in [1.807, 2.05) is 34.5 Å². The fourth-order valence-electron chi connectivity index (χ4n) is 3.89. The first-order valence-electron chi connectivity index (χ1n) is 18.5. The average Bonchev–Trinajstić information content (AvgIpc) is 3.27. The molecule has 0 heterocycles. The lowest BCUT2D eigenvalue weighted by Gasteiger charge is -2.14. The molecule has 0 saturated heterocycles. The standard InChI is InChI=1S/C30H23F3O11.C8H14O3.2C2H6.CH2O/c1-2-26(35)39-15-3-4-16-40-29(38)43-22-11-7-19(8-12-22)27(36)42-23-13-14-25(24(17-23)30(31,32)33)44-28(37)20-5-9-21(10-6-20)41-18-34;1-3-8(9)11-7-5-4-6-10-2;3*1-2/h2,5-14,17-18H,1,3-4,15-16H2;3H,1,4-7H2,2H3;2*1-2H3;1H2. The number of hydrogen-bond donors (Lipinski definition) is 0. The summed E-state index contributed by atoms with van der Waals surface area (Å²) in [7, 11) is 1.65. The summed E-state index contributed by atoms with van der Waals surface area (Å²) in [6.07, 6.45) is -1.21. The molecule has 0 saturated carbocycles. The van der Waals surface area contributed by atoms with Gasteiger partial charge in [-0.2, -0.15) is 13.2 Å². The highest BCUT2D eigenvalue weighted by Gasteiger charge is 2.36. The zero-order valence-corrected chi connectivity index (χ0v) is 34.6. The third-order valence-corrected chi connectivity index (χ3v) is 6.56. The van der Waals surface area contributed by atoms with Gasteiger partial charge in [-0.25, -0.2) is 24.0 Å². The van der Waals surface area contributed by atoms with Gasteiger partial charge in [-0.05, 0) is 92.4 Å². The number of rotatable bonds is 19. The number of halogens is 3. The van der Waals surface area contributed by atoms with Crippen LogP contribution in [0.15, 0.2) is 92.0 Å². The van der Waals surface area contributed by atoms with Gasteiger partial charge < -0.3 is 42.7 Å². The molecule has 334 valence electrons. The van der Waals surface area contributed by atoms with E-state index in [-0.39, 0.29) is 48.3 Å². The van der Waals surface area contributed by atoms with E-state index in [2.05, 4.69) is 17.9 Å². The molecule has 0 radical (unpaired) electrons. The van der Waals surface area contributed by atoms with Crippen LogP contribution in [-0.2, 0) is 44.3 Å². The molecule has 0 spiro atoms. The largest absolute Gasteiger partial charge is 0.513 e. The van der Waals surface area contributed by atoms with Crippen molar-refractivity contribution < 1.29 is 84.6 Å². The van der Waals surface area contributed by atoms with Crippen LogP contribution in [0.4, 0.5) is 18.0 Å². The summed E-state index contributed by atoms with van der Waals surface area (Å²) < 4.78 is 80.0. The Balaban J connectivity index is 0. The van der Waals surface area contributed by atoms with Gasteiger partial charge >= 0.3 is 36.2 Å². The first-order chi connectivity index (χ1) is 29.3. The van der Waals surface area contributed by atoms with Crippen LogP contribution in [0.1, 0.15) is 79.7 Å². The molecule has 61 heavy (non-hydrogen) atoms. The fraction of sp³-hybridized carbons (Fsp3) is 0.326. The Morgan fingerprint density at radius 1 is 0.590 bits per heavy atom. The molecule has 0 aromatic heterocycles. The summed E-state index contributed by atoms with van der Waals surface area (Å²) in [6.45, 7) is 18.0. The van der Waals surface area contributed by atoms with Gasteiger partial charge in [-0.3, -0.25) is 4.79 Å². The Bertz CT molecular complexity index is 1780. The highest BCUT2D eigenvalue weighted by Crippen LogP contribution is 2.39. The maximum absolute atomic E-state index is 13.7. The molecule has 0 atom stereocenters. The molecule has 0 unspecified atom stereocenters. The maximum atomic E-state index is 13.7. The van der Waals surface area contributed by atoms with E-state index < -0.39 is 47.3 Å². The van der Waals surface area contributed by atoms with Gasteiger partial charge in [0.15, 0.2) is 0 Å². The Hall–Kier alpha value is -6.82. The third-order valence-electron chi connectivity index (χ3n) is 6.56. The minimum atomic E-state index is -4.98. The van der Waals surface area contributed by atoms with Crippen molar-refractivity contribution in [1.82, 2.24) is 0 Å². The number of unbranched alkanes of at least 4 members (excludes halogenated alkanes) is 2. The molecule has 0 bridgehead atoms. The lowest BCUT2D eigenvalue weighted by Crippen LogP contribution is -2.15. The van der Waals surface area contributed by atoms with Gasteiger partial charge in [0.2, 0.25) is 0 Å². The van der Waals surface area contributed by atoms with Gasteiger partial charge in [0, 0.05) is 25.9 Å². The summed E-state index contributed by atoms with van der Waals surface area (Å²) in [5.74, 6) is -4.25. The molecule has 0 aliphatic heterocycles. The normalized spacial score (nSPS) is 9.57. The number of methoxy groups -OCH3 is 1. The first kappa shape index (κ1) is 56.3. The number of alkyl halides is 3. The average molecular weight is 865 g/mol. The van der Waals surface area contributed by atoms with E-state index in [4.69, 9.17) is 38.0 Å². The van der Waals surface area contributed by atoms with Crippen molar-refractivity contribution in [2.24, 2.45) is 0 Å². The molecule has 18 heteroatoms. The second-order valence-electron chi connectivity index (χ2n) is 10.5. The Morgan fingerprint density at radius 3 is 1.46 bits per heavy atom. The van der Waals surface area contributed by atoms with Crippen LogP contribution in [0.5, 0.6) is 23.0 Å². The minimum absolute atomic E-state index is 0.00219. The van der Waals surface area contributed by atoms with Crippen LogP contribution in [0.2, 0.25) is 0 Å². The van der Waals surface area contributed by atoms with Gasteiger partial charge in [0.25, 0.3) is 6.47 Å². The molecule has 15 nitrogen and oxygen atoms in total. The summed E-state index contributed by atoms with van der Waals surface area (Å²) in [6, 6.07) is 12.1. The second kappa shape index (κ2) is 34.1. The first-order valence-corrected chi connectivity index (χ1v) is 18.5. The van der Waals surface area contributed by atoms with E-state index in [0.717, 1.165) is 37.1 Å². The van der Waals surface area contributed by atoms with Gasteiger partial charge in [0.1, 0.15) is 35.4 Å². The second-order valence-corrected chi connectivity index (χ2v) is 10.5. The van der Waals surface area contributed by atoms with Gasteiger partial charge in [-0.1, -0.05) is 40.9 Å². The molecule has 3 rings (SSSR count). The molecule has 3 aromatic carbocycles. The smallest absolute Gasteiger partial charge is 0.463 e. The van der Waals surface area contributed by atoms with Crippen molar-refractivity contribution in [2.75, 3.05) is 33.5 Å². The van der Waals surface area contributed by atoms with Crippen molar-refractivity contribution in [3.63, 3.8) is 0 Å². The number of benzene rings is 3. The lowest BCUT2D eigenvalue weighted by atomic mass is 10.1. The monoisotopic (exact) mass is 864 g/mol. The molecular formula is C43H51F3O15. The predicted octanol–water partition coefficient (Wildman–Crippen LogP) is 8.71.